The zero-order chi connectivity index (χ0) is 13.8. The summed E-state index contributed by atoms with van der Waals surface area (Å²) in [7, 11) is 0. The smallest absolute Gasteiger partial charge is 0.409 e. The fraction of sp³-hybridized carbons (Fsp3) is 0.571. The Morgan fingerprint density at radius 1 is 1.10 bits per heavy atom. The number of nitrogens with zero attached hydrogens (tertiary/aromatic N) is 4. The van der Waals surface area contributed by atoms with Gasteiger partial charge in [0.1, 0.15) is 12.4 Å². The van der Waals surface area contributed by atoms with Crippen molar-refractivity contribution in [3.63, 3.8) is 0 Å². The minimum atomic E-state index is -0.169. The van der Waals surface area contributed by atoms with Crippen LogP contribution in [0.25, 0.3) is 0 Å². The molecule has 0 aromatic carbocycles. The molecule has 108 valence electrons. The Balaban J connectivity index is 1.43. The number of rotatable bonds is 4. The van der Waals surface area contributed by atoms with E-state index in [9.17, 15) is 4.79 Å². The number of carbonyl (C=O) groups excluding carboxylic acids is 1. The standard InChI is InChI=1S/C14H20N4O2/c19-14-18(11-12-20-14)10-7-16-5-8-17(9-6-16)13-3-1-2-4-15-13/h1-4H,5-12H2. The third-order valence-corrected chi connectivity index (χ3v) is 3.88. The van der Waals surface area contributed by atoms with Crippen LogP contribution in [-0.2, 0) is 4.74 Å². The molecule has 0 saturated carbocycles. The Morgan fingerprint density at radius 2 is 1.95 bits per heavy atom. The van der Waals surface area contributed by atoms with Crippen LogP contribution in [0.3, 0.4) is 0 Å². The van der Waals surface area contributed by atoms with Crippen LogP contribution >= 0.6 is 0 Å². The molecule has 6 heteroatoms. The molecule has 0 spiro atoms. The van der Waals surface area contributed by atoms with Crippen LogP contribution in [0.5, 0.6) is 0 Å². The highest BCUT2D eigenvalue weighted by Crippen LogP contribution is 2.12. The third-order valence-electron chi connectivity index (χ3n) is 3.88. The number of carbonyl (C=O) groups is 1. The molecule has 20 heavy (non-hydrogen) atoms. The van der Waals surface area contributed by atoms with Gasteiger partial charge in [0.25, 0.3) is 0 Å². The molecule has 2 fully saturated rings. The molecular formula is C14H20N4O2. The van der Waals surface area contributed by atoms with E-state index in [0.29, 0.717) is 6.61 Å². The minimum absolute atomic E-state index is 0.169. The second-order valence-corrected chi connectivity index (χ2v) is 5.12. The average Bonchev–Trinajstić information content (AvgIpc) is 2.92. The minimum Gasteiger partial charge on any atom is -0.448 e. The predicted octanol–water partition coefficient (Wildman–Crippen LogP) is 0.656. The van der Waals surface area contributed by atoms with Gasteiger partial charge in [-0.1, -0.05) is 6.07 Å². The summed E-state index contributed by atoms with van der Waals surface area (Å²) < 4.78 is 4.93. The Bertz CT molecular complexity index is 446. The molecular weight excluding hydrogens is 256 g/mol. The Morgan fingerprint density at radius 3 is 2.60 bits per heavy atom. The monoisotopic (exact) mass is 276 g/mol. The maximum atomic E-state index is 11.4. The molecule has 3 heterocycles. The van der Waals surface area contributed by atoms with Crippen molar-refractivity contribution in [3.8, 4) is 0 Å². The number of amides is 1. The number of pyridine rings is 1. The summed E-state index contributed by atoms with van der Waals surface area (Å²) in [6.45, 7) is 6.95. The van der Waals surface area contributed by atoms with E-state index in [4.69, 9.17) is 4.74 Å². The zero-order valence-corrected chi connectivity index (χ0v) is 11.6. The van der Waals surface area contributed by atoms with Crippen LogP contribution in [0.4, 0.5) is 10.6 Å². The largest absolute Gasteiger partial charge is 0.448 e. The number of aromatic nitrogens is 1. The van der Waals surface area contributed by atoms with E-state index in [-0.39, 0.29) is 6.09 Å². The van der Waals surface area contributed by atoms with Crippen LogP contribution < -0.4 is 4.90 Å². The fourth-order valence-electron chi connectivity index (χ4n) is 2.63. The van der Waals surface area contributed by atoms with Gasteiger partial charge in [0.15, 0.2) is 0 Å². The molecule has 2 aliphatic heterocycles. The van der Waals surface area contributed by atoms with Crippen molar-refractivity contribution in [2.24, 2.45) is 0 Å². The van der Waals surface area contributed by atoms with Gasteiger partial charge in [-0.25, -0.2) is 9.78 Å². The highest BCUT2D eigenvalue weighted by Gasteiger charge is 2.23. The highest BCUT2D eigenvalue weighted by atomic mass is 16.6. The first kappa shape index (κ1) is 13.2. The molecule has 1 aromatic heterocycles. The lowest BCUT2D eigenvalue weighted by Gasteiger charge is -2.35. The normalized spacial score (nSPS) is 20.3. The van der Waals surface area contributed by atoms with Gasteiger partial charge in [0, 0.05) is 45.5 Å². The average molecular weight is 276 g/mol. The van der Waals surface area contributed by atoms with E-state index >= 15 is 0 Å². The Kier molecular flexibility index (Phi) is 4.01. The van der Waals surface area contributed by atoms with Gasteiger partial charge in [-0.05, 0) is 12.1 Å². The van der Waals surface area contributed by atoms with Gasteiger partial charge < -0.3 is 14.5 Å². The summed E-state index contributed by atoms with van der Waals surface area (Å²) in [6.07, 6.45) is 1.66. The van der Waals surface area contributed by atoms with Gasteiger partial charge in [-0.15, -0.1) is 0 Å². The first-order valence-electron chi connectivity index (χ1n) is 7.13. The van der Waals surface area contributed by atoms with E-state index in [2.05, 4.69) is 20.9 Å². The van der Waals surface area contributed by atoms with Crippen LogP contribution in [0.1, 0.15) is 0 Å². The number of ether oxygens (including phenoxy) is 1. The molecule has 1 aromatic rings. The zero-order valence-electron chi connectivity index (χ0n) is 11.6. The van der Waals surface area contributed by atoms with Crippen molar-refractivity contribution in [1.82, 2.24) is 14.8 Å². The summed E-state index contributed by atoms with van der Waals surface area (Å²) in [5.41, 5.74) is 0. The van der Waals surface area contributed by atoms with E-state index in [1.54, 1.807) is 4.90 Å². The number of anilines is 1. The van der Waals surface area contributed by atoms with E-state index < -0.39 is 0 Å². The van der Waals surface area contributed by atoms with Crippen LogP contribution in [0.15, 0.2) is 24.4 Å². The lowest BCUT2D eigenvalue weighted by Crippen LogP contribution is -2.48. The summed E-state index contributed by atoms with van der Waals surface area (Å²) in [6, 6.07) is 6.01. The third kappa shape index (κ3) is 3.01. The van der Waals surface area contributed by atoms with E-state index in [0.717, 1.165) is 51.6 Å². The molecule has 0 N–H and O–H groups in total. The molecule has 1 amide bonds. The number of hydrogen-bond donors (Lipinski definition) is 0. The first-order valence-corrected chi connectivity index (χ1v) is 7.13. The second kappa shape index (κ2) is 6.09. The molecule has 0 unspecified atom stereocenters. The summed E-state index contributed by atoms with van der Waals surface area (Å²) in [5, 5.41) is 0. The molecule has 0 atom stereocenters. The molecule has 6 nitrogen and oxygen atoms in total. The second-order valence-electron chi connectivity index (χ2n) is 5.12. The van der Waals surface area contributed by atoms with Crippen molar-refractivity contribution in [2.45, 2.75) is 0 Å². The number of piperazine rings is 1. The molecule has 2 aliphatic rings. The molecule has 0 bridgehead atoms. The number of cyclic esters (lactones) is 1. The topological polar surface area (TPSA) is 48.9 Å². The molecule has 0 radical (unpaired) electrons. The Labute approximate surface area is 118 Å². The van der Waals surface area contributed by atoms with Gasteiger partial charge in [0.2, 0.25) is 0 Å². The van der Waals surface area contributed by atoms with Gasteiger partial charge >= 0.3 is 6.09 Å². The Hall–Kier alpha value is -1.82. The van der Waals surface area contributed by atoms with Gasteiger partial charge in [-0.3, -0.25) is 4.90 Å². The van der Waals surface area contributed by atoms with Crippen LogP contribution in [-0.4, -0.2) is 73.3 Å². The first-order chi connectivity index (χ1) is 9.83. The quantitative estimate of drug-likeness (QED) is 0.808. The van der Waals surface area contributed by atoms with Crippen LogP contribution in [0.2, 0.25) is 0 Å². The summed E-state index contributed by atoms with van der Waals surface area (Å²) in [4.78, 5) is 22.2. The highest BCUT2D eigenvalue weighted by molar-refractivity contribution is 5.69. The molecule has 0 aliphatic carbocycles. The van der Waals surface area contributed by atoms with Crippen molar-refractivity contribution >= 4 is 11.9 Å². The van der Waals surface area contributed by atoms with Gasteiger partial charge in [-0.2, -0.15) is 0 Å². The van der Waals surface area contributed by atoms with Gasteiger partial charge in [0.05, 0.1) is 6.54 Å². The van der Waals surface area contributed by atoms with Crippen molar-refractivity contribution in [1.29, 1.82) is 0 Å². The fourth-order valence-corrected chi connectivity index (χ4v) is 2.63. The van der Waals surface area contributed by atoms with Crippen molar-refractivity contribution < 1.29 is 9.53 Å². The van der Waals surface area contributed by atoms with E-state index in [1.807, 2.05) is 18.3 Å². The van der Waals surface area contributed by atoms with Crippen molar-refractivity contribution in [3.05, 3.63) is 24.4 Å². The lowest BCUT2D eigenvalue weighted by atomic mass is 10.3. The van der Waals surface area contributed by atoms with E-state index in [1.165, 1.54) is 0 Å². The van der Waals surface area contributed by atoms with Crippen molar-refractivity contribution in [2.75, 3.05) is 57.3 Å². The number of hydrogen-bond acceptors (Lipinski definition) is 5. The maximum absolute atomic E-state index is 11.4. The molecule has 2 saturated heterocycles. The van der Waals surface area contributed by atoms with Crippen LogP contribution in [0, 0.1) is 0 Å². The predicted molar refractivity (Wildman–Crippen MR) is 75.8 cm³/mol. The molecule has 3 rings (SSSR count). The summed E-state index contributed by atoms with van der Waals surface area (Å²) >= 11 is 0. The summed E-state index contributed by atoms with van der Waals surface area (Å²) in [5.74, 6) is 1.05. The lowest BCUT2D eigenvalue weighted by molar-refractivity contribution is 0.152. The maximum Gasteiger partial charge on any atom is 0.409 e. The SMILES string of the molecule is O=C1OCCN1CCN1CCN(c2ccccn2)CC1.